The van der Waals surface area contributed by atoms with Crippen LogP contribution >= 0.6 is 11.8 Å². The third-order valence-electron chi connectivity index (χ3n) is 1.57. The van der Waals surface area contributed by atoms with Crippen molar-refractivity contribution in [3.8, 4) is 0 Å². The molecule has 0 saturated carbocycles. The lowest BCUT2D eigenvalue weighted by atomic mass is 10.4. The summed E-state index contributed by atoms with van der Waals surface area (Å²) in [7, 11) is 0. The number of hydrogen-bond acceptors (Lipinski definition) is 4. The van der Waals surface area contributed by atoms with Gasteiger partial charge in [-0.2, -0.15) is 0 Å². The fourth-order valence-corrected chi connectivity index (χ4v) is 1.86. The first-order chi connectivity index (χ1) is 7.06. The van der Waals surface area contributed by atoms with Crippen molar-refractivity contribution in [3.05, 3.63) is 0 Å². The molecule has 5 nitrogen and oxygen atoms in total. The van der Waals surface area contributed by atoms with E-state index < -0.39 is 0 Å². The number of nitrogens with one attached hydrogen (secondary N) is 2. The van der Waals surface area contributed by atoms with Crippen LogP contribution in [-0.4, -0.2) is 36.0 Å². The monoisotopic (exact) mass is 233 g/mol. The van der Waals surface area contributed by atoms with Gasteiger partial charge < -0.3 is 16.4 Å². The van der Waals surface area contributed by atoms with E-state index in [1.165, 1.54) is 6.92 Å². The Bertz CT molecular complexity index is 212. The van der Waals surface area contributed by atoms with Gasteiger partial charge in [0.2, 0.25) is 11.8 Å². The van der Waals surface area contributed by atoms with Crippen LogP contribution < -0.4 is 16.4 Å². The van der Waals surface area contributed by atoms with Crippen LogP contribution in [0.1, 0.15) is 20.3 Å². The topological polar surface area (TPSA) is 84.2 Å². The average Bonchev–Trinajstić information content (AvgIpc) is 2.13. The van der Waals surface area contributed by atoms with Crippen molar-refractivity contribution < 1.29 is 9.59 Å². The van der Waals surface area contributed by atoms with E-state index in [-0.39, 0.29) is 17.2 Å². The molecule has 0 spiro atoms. The van der Waals surface area contributed by atoms with Gasteiger partial charge in [-0.1, -0.05) is 0 Å². The van der Waals surface area contributed by atoms with Gasteiger partial charge in [0.05, 0.1) is 5.37 Å². The van der Waals surface area contributed by atoms with Crippen LogP contribution in [-0.2, 0) is 9.59 Å². The minimum atomic E-state index is -0.0532. The molecule has 0 aromatic rings. The lowest BCUT2D eigenvalue weighted by Crippen LogP contribution is -2.30. The van der Waals surface area contributed by atoms with Gasteiger partial charge in [0.15, 0.2) is 0 Å². The largest absolute Gasteiger partial charge is 0.355 e. The fourth-order valence-electron chi connectivity index (χ4n) is 0.956. The molecule has 0 fully saturated rings. The first kappa shape index (κ1) is 14.2. The smallest absolute Gasteiger partial charge is 0.220 e. The molecule has 4 N–H and O–H groups in total. The Labute approximate surface area is 94.5 Å². The maximum absolute atomic E-state index is 11.1. The highest BCUT2D eigenvalue weighted by atomic mass is 32.2. The van der Waals surface area contributed by atoms with Crippen molar-refractivity contribution >= 4 is 23.6 Å². The van der Waals surface area contributed by atoms with Gasteiger partial charge in [-0.25, -0.2) is 0 Å². The van der Waals surface area contributed by atoms with E-state index in [4.69, 9.17) is 5.73 Å². The summed E-state index contributed by atoms with van der Waals surface area (Å²) in [5.74, 6) is 0.642. The molecule has 88 valence electrons. The molecule has 1 atom stereocenters. The predicted octanol–water partition coefficient (Wildman–Crippen LogP) is -0.333. The van der Waals surface area contributed by atoms with E-state index in [1.807, 2.05) is 6.92 Å². The Hall–Kier alpha value is -0.750. The second-order valence-corrected chi connectivity index (χ2v) is 4.55. The molecule has 2 amide bonds. The zero-order valence-corrected chi connectivity index (χ0v) is 10.0. The lowest BCUT2D eigenvalue weighted by Gasteiger charge is -2.11. The number of thioether (sulfide) groups is 1. The number of rotatable bonds is 7. The minimum Gasteiger partial charge on any atom is -0.355 e. The van der Waals surface area contributed by atoms with Gasteiger partial charge in [0, 0.05) is 32.2 Å². The molecule has 0 aromatic heterocycles. The minimum absolute atomic E-state index is 0.00275. The predicted molar refractivity (Wildman–Crippen MR) is 62.4 cm³/mol. The number of amides is 2. The summed E-state index contributed by atoms with van der Waals surface area (Å²) in [5.41, 5.74) is 5.24. The summed E-state index contributed by atoms with van der Waals surface area (Å²) in [4.78, 5) is 21.8. The van der Waals surface area contributed by atoms with Gasteiger partial charge in [-0.15, -0.1) is 11.8 Å². The molecule has 15 heavy (non-hydrogen) atoms. The molecule has 0 radical (unpaired) electrons. The van der Waals surface area contributed by atoms with E-state index >= 15 is 0 Å². The van der Waals surface area contributed by atoms with E-state index in [0.717, 1.165) is 0 Å². The van der Waals surface area contributed by atoms with E-state index in [0.29, 0.717) is 25.3 Å². The summed E-state index contributed by atoms with van der Waals surface area (Å²) in [6.07, 6.45) is 0.453. The van der Waals surface area contributed by atoms with Crippen molar-refractivity contribution in [3.63, 3.8) is 0 Å². The Morgan fingerprint density at radius 1 is 1.47 bits per heavy atom. The standard InChI is InChI=1S/C9H19N3O2S/c1-7(13)12-8(2)15-6-3-9(14)11-5-4-10/h8H,3-6,10H2,1-2H3,(H,11,14)(H,12,13). The highest BCUT2D eigenvalue weighted by Crippen LogP contribution is 2.08. The molecule has 0 saturated heterocycles. The van der Waals surface area contributed by atoms with E-state index in [1.54, 1.807) is 11.8 Å². The quantitative estimate of drug-likeness (QED) is 0.526. The van der Waals surface area contributed by atoms with Crippen molar-refractivity contribution in [1.82, 2.24) is 10.6 Å². The normalized spacial score (nSPS) is 11.9. The number of carbonyl (C=O) groups excluding carboxylic acids is 2. The molecule has 0 heterocycles. The van der Waals surface area contributed by atoms with Crippen molar-refractivity contribution in [2.45, 2.75) is 25.6 Å². The number of hydrogen-bond donors (Lipinski definition) is 3. The van der Waals surface area contributed by atoms with Crippen molar-refractivity contribution in [2.75, 3.05) is 18.8 Å². The highest BCUT2D eigenvalue weighted by molar-refractivity contribution is 7.99. The number of nitrogens with two attached hydrogens (primary N) is 1. The third kappa shape index (κ3) is 9.55. The molecular weight excluding hydrogens is 214 g/mol. The first-order valence-electron chi connectivity index (χ1n) is 4.91. The summed E-state index contributed by atoms with van der Waals surface area (Å²) >= 11 is 1.54. The van der Waals surface area contributed by atoms with Crippen LogP contribution in [0, 0.1) is 0 Å². The zero-order chi connectivity index (χ0) is 11.7. The zero-order valence-electron chi connectivity index (χ0n) is 9.21. The van der Waals surface area contributed by atoms with Gasteiger partial charge in [0.25, 0.3) is 0 Å². The summed E-state index contributed by atoms with van der Waals surface area (Å²) in [6, 6.07) is 0. The molecular formula is C9H19N3O2S. The molecule has 0 aromatic carbocycles. The fraction of sp³-hybridized carbons (Fsp3) is 0.778. The Morgan fingerprint density at radius 2 is 2.13 bits per heavy atom. The van der Waals surface area contributed by atoms with E-state index in [9.17, 15) is 9.59 Å². The van der Waals surface area contributed by atoms with Gasteiger partial charge >= 0.3 is 0 Å². The summed E-state index contributed by atoms with van der Waals surface area (Å²) < 4.78 is 0. The van der Waals surface area contributed by atoms with Crippen molar-refractivity contribution in [2.24, 2.45) is 5.73 Å². The van der Waals surface area contributed by atoms with Gasteiger partial charge in [-0.05, 0) is 6.92 Å². The molecule has 0 aliphatic rings. The van der Waals surface area contributed by atoms with Crippen LogP contribution in [0.15, 0.2) is 0 Å². The Balaban J connectivity index is 3.43. The van der Waals surface area contributed by atoms with Crippen LogP contribution in [0.25, 0.3) is 0 Å². The molecule has 0 rings (SSSR count). The molecule has 0 aliphatic heterocycles. The van der Waals surface area contributed by atoms with Gasteiger partial charge in [-0.3, -0.25) is 9.59 Å². The SMILES string of the molecule is CC(=O)NC(C)SCCC(=O)NCCN. The Morgan fingerprint density at radius 3 is 2.67 bits per heavy atom. The Kier molecular flexibility index (Phi) is 8.12. The summed E-state index contributed by atoms with van der Waals surface area (Å²) in [6.45, 7) is 4.35. The maximum Gasteiger partial charge on any atom is 0.220 e. The molecule has 0 aliphatic carbocycles. The number of carbonyl (C=O) groups is 2. The first-order valence-corrected chi connectivity index (χ1v) is 5.96. The second kappa shape index (κ2) is 8.55. The maximum atomic E-state index is 11.1. The summed E-state index contributed by atoms with van der Waals surface area (Å²) in [5, 5.41) is 5.46. The van der Waals surface area contributed by atoms with Crippen LogP contribution in [0.2, 0.25) is 0 Å². The average molecular weight is 233 g/mol. The van der Waals surface area contributed by atoms with Crippen LogP contribution in [0.5, 0.6) is 0 Å². The molecule has 0 bridgehead atoms. The van der Waals surface area contributed by atoms with Gasteiger partial charge in [0.1, 0.15) is 0 Å². The van der Waals surface area contributed by atoms with E-state index in [2.05, 4.69) is 10.6 Å². The molecule has 1 unspecified atom stereocenters. The second-order valence-electron chi connectivity index (χ2n) is 3.10. The third-order valence-corrected chi connectivity index (χ3v) is 2.63. The van der Waals surface area contributed by atoms with Crippen LogP contribution in [0.3, 0.4) is 0 Å². The molecule has 6 heteroatoms. The van der Waals surface area contributed by atoms with Crippen molar-refractivity contribution in [1.29, 1.82) is 0 Å². The van der Waals surface area contributed by atoms with Crippen LogP contribution in [0.4, 0.5) is 0 Å². The lowest BCUT2D eigenvalue weighted by molar-refractivity contribution is -0.120. The highest BCUT2D eigenvalue weighted by Gasteiger charge is 2.05.